The Morgan fingerprint density at radius 2 is 1.76 bits per heavy atom. The van der Waals surface area contributed by atoms with E-state index in [0.29, 0.717) is 17.0 Å². The molecule has 1 heterocycles. The minimum atomic E-state index is -4.22. The molecule has 9 nitrogen and oxygen atoms in total. The van der Waals surface area contributed by atoms with E-state index in [1.807, 2.05) is 0 Å². The number of hydrogen-bond donors (Lipinski definition) is 1. The van der Waals surface area contributed by atoms with Gasteiger partial charge in [-0.25, -0.2) is 8.42 Å². The van der Waals surface area contributed by atoms with Crippen molar-refractivity contribution < 1.29 is 27.8 Å². The van der Waals surface area contributed by atoms with E-state index in [4.69, 9.17) is 9.47 Å². The number of aliphatic hydroxyl groups is 1. The molecular formula is C24H25N3O6S. The number of carbonyl (C=O) groups is 1. The van der Waals surface area contributed by atoms with Crippen LogP contribution in [0.25, 0.3) is 0 Å². The lowest BCUT2D eigenvalue weighted by atomic mass is 10.1. The summed E-state index contributed by atoms with van der Waals surface area (Å²) < 4.78 is 37.9. The zero-order valence-corrected chi connectivity index (χ0v) is 19.6. The molecule has 10 heteroatoms. The number of ether oxygens (including phenoxy) is 2. The Labute approximate surface area is 198 Å². The highest BCUT2D eigenvalue weighted by atomic mass is 32.2. The van der Waals surface area contributed by atoms with Crippen molar-refractivity contribution in [1.82, 2.24) is 9.29 Å². The predicted molar refractivity (Wildman–Crippen MR) is 127 cm³/mol. The molecule has 0 saturated heterocycles. The van der Waals surface area contributed by atoms with Crippen LogP contribution in [-0.4, -0.2) is 61.9 Å². The number of aliphatic imine (C=N–C) groups is 1. The SMILES string of the molecule is COC(=O)C(CO)N(Cc1ccccc1N=Cc1ccncc1)S(=O)(=O)c1ccc(OC)cc1. The number of pyridine rings is 1. The van der Waals surface area contributed by atoms with Crippen LogP contribution in [0.1, 0.15) is 11.1 Å². The summed E-state index contributed by atoms with van der Waals surface area (Å²) in [6.45, 7) is -0.983. The molecule has 2 aromatic carbocycles. The normalized spacial score (nSPS) is 12.6. The number of nitrogens with zero attached hydrogens (tertiary/aromatic N) is 3. The summed E-state index contributed by atoms with van der Waals surface area (Å²) >= 11 is 0. The summed E-state index contributed by atoms with van der Waals surface area (Å²) in [7, 11) is -1.61. The third-order valence-corrected chi connectivity index (χ3v) is 6.91. The van der Waals surface area contributed by atoms with Crippen LogP contribution in [-0.2, 0) is 26.1 Å². The molecule has 0 saturated carbocycles. The van der Waals surface area contributed by atoms with E-state index in [1.54, 1.807) is 55.0 Å². The van der Waals surface area contributed by atoms with Crippen LogP contribution < -0.4 is 4.74 Å². The average Bonchev–Trinajstić information content (AvgIpc) is 2.88. The van der Waals surface area contributed by atoms with Gasteiger partial charge in [-0.2, -0.15) is 4.31 Å². The lowest BCUT2D eigenvalue weighted by Gasteiger charge is -2.28. The predicted octanol–water partition coefficient (Wildman–Crippen LogP) is 2.57. The summed E-state index contributed by atoms with van der Waals surface area (Å²) in [6.07, 6.45) is 4.91. The fraction of sp³-hybridized carbons (Fsp3) is 0.208. The van der Waals surface area contributed by atoms with Gasteiger partial charge >= 0.3 is 5.97 Å². The first-order valence-corrected chi connectivity index (χ1v) is 11.7. The van der Waals surface area contributed by atoms with E-state index in [2.05, 4.69) is 9.98 Å². The van der Waals surface area contributed by atoms with E-state index in [9.17, 15) is 18.3 Å². The summed E-state index contributed by atoms with van der Waals surface area (Å²) in [5, 5.41) is 9.93. The standard InChI is InChI=1S/C24H25N3O6S/c1-32-20-7-9-21(10-8-20)34(30,31)27(23(17-28)24(29)33-2)16-19-5-3-4-6-22(19)26-15-18-11-13-25-14-12-18/h3-15,23,28H,16-17H2,1-2H3. The van der Waals surface area contributed by atoms with Gasteiger partial charge in [0.05, 0.1) is 31.4 Å². The molecule has 0 amide bonds. The number of aliphatic hydroxyl groups excluding tert-OH is 1. The summed E-state index contributed by atoms with van der Waals surface area (Å²) in [6, 6.07) is 14.8. The second-order valence-corrected chi connectivity index (χ2v) is 9.01. The quantitative estimate of drug-likeness (QED) is 0.348. The first kappa shape index (κ1) is 25.0. The molecule has 1 aromatic heterocycles. The number of sulfonamides is 1. The number of carbonyl (C=O) groups excluding carboxylic acids is 1. The zero-order valence-electron chi connectivity index (χ0n) is 18.7. The highest BCUT2D eigenvalue weighted by molar-refractivity contribution is 7.89. The van der Waals surface area contributed by atoms with Crippen LogP contribution in [0.2, 0.25) is 0 Å². The monoisotopic (exact) mass is 483 g/mol. The van der Waals surface area contributed by atoms with E-state index >= 15 is 0 Å². The Hall–Kier alpha value is -3.60. The van der Waals surface area contributed by atoms with Crippen LogP contribution in [0.15, 0.2) is 82.9 Å². The number of aromatic nitrogens is 1. The summed E-state index contributed by atoms with van der Waals surface area (Å²) in [5.74, 6) is -0.398. The molecule has 3 aromatic rings. The first-order valence-electron chi connectivity index (χ1n) is 10.3. The Morgan fingerprint density at radius 3 is 2.38 bits per heavy atom. The average molecular weight is 484 g/mol. The van der Waals surface area contributed by atoms with Crippen molar-refractivity contribution in [3.8, 4) is 5.75 Å². The van der Waals surface area contributed by atoms with E-state index in [0.717, 1.165) is 17.0 Å². The van der Waals surface area contributed by atoms with Crippen LogP contribution in [0.4, 0.5) is 5.69 Å². The number of rotatable bonds is 10. The van der Waals surface area contributed by atoms with Gasteiger partial charge in [0.25, 0.3) is 0 Å². The van der Waals surface area contributed by atoms with Crippen LogP contribution in [0, 0.1) is 0 Å². The smallest absolute Gasteiger partial charge is 0.326 e. The number of methoxy groups -OCH3 is 2. The van der Waals surface area contributed by atoms with Crippen LogP contribution in [0.3, 0.4) is 0 Å². The molecule has 0 aliphatic rings. The fourth-order valence-electron chi connectivity index (χ4n) is 3.20. The maximum absolute atomic E-state index is 13.6. The molecule has 3 rings (SSSR count). The van der Waals surface area contributed by atoms with E-state index in [-0.39, 0.29) is 11.4 Å². The minimum absolute atomic E-state index is 0.0616. The lowest BCUT2D eigenvalue weighted by molar-refractivity contribution is -0.146. The maximum Gasteiger partial charge on any atom is 0.326 e. The van der Waals surface area contributed by atoms with Gasteiger partial charge in [-0.1, -0.05) is 18.2 Å². The van der Waals surface area contributed by atoms with Crippen molar-refractivity contribution in [2.75, 3.05) is 20.8 Å². The third kappa shape index (κ3) is 5.84. The maximum atomic E-state index is 13.6. The van der Waals surface area contributed by atoms with Gasteiger partial charge in [0.2, 0.25) is 10.0 Å². The molecule has 34 heavy (non-hydrogen) atoms. The van der Waals surface area contributed by atoms with Crippen molar-refractivity contribution in [2.45, 2.75) is 17.5 Å². The van der Waals surface area contributed by atoms with Gasteiger partial charge in [0, 0.05) is 25.2 Å². The zero-order chi connectivity index (χ0) is 24.6. The van der Waals surface area contributed by atoms with Crippen molar-refractivity contribution >= 4 is 27.9 Å². The number of benzene rings is 2. The van der Waals surface area contributed by atoms with Crippen LogP contribution in [0.5, 0.6) is 5.75 Å². The van der Waals surface area contributed by atoms with Crippen LogP contribution >= 0.6 is 0 Å². The van der Waals surface area contributed by atoms with E-state index < -0.39 is 28.6 Å². The van der Waals surface area contributed by atoms with Gasteiger partial charge in [-0.05, 0) is 53.6 Å². The minimum Gasteiger partial charge on any atom is -0.497 e. The van der Waals surface area contributed by atoms with Crippen molar-refractivity contribution in [1.29, 1.82) is 0 Å². The Morgan fingerprint density at radius 1 is 1.09 bits per heavy atom. The van der Waals surface area contributed by atoms with Gasteiger partial charge in [0.15, 0.2) is 0 Å². The molecule has 178 valence electrons. The summed E-state index contributed by atoms with van der Waals surface area (Å²) in [4.78, 5) is 20.8. The van der Waals surface area contributed by atoms with Gasteiger partial charge < -0.3 is 14.6 Å². The molecule has 0 spiro atoms. The molecule has 0 aliphatic heterocycles. The molecule has 0 aliphatic carbocycles. The molecule has 1 atom stereocenters. The molecule has 0 radical (unpaired) electrons. The topological polar surface area (TPSA) is 118 Å². The highest BCUT2D eigenvalue weighted by Crippen LogP contribution is 2.27. The lowest BCUT2D eigenvalue weighted by Crippen LogP contribution is -2.47. The largest absolute Gasteiger partial charge is 0.497 e. The Kier molecular flexibility index (Phi) is 8.47. The molecule has 0 fully saturated rings. The first-order chi connectivity index (χ1) is 16.4. The number of esters is 1. The molecular weight excluding hydrogens is 458 g/mol. The highest BCUT2D eigenvalue weighted by Gasteiger charge is 2.37. The Bertz CT molecular complexity index is 1230. The molecule has 0 bridgehead atoms. The van der Waals surface area contributed by atoms with Crippen molar-refractivity contribution in [2.24, 2.45) is 4.99 Å². The molecule has 1 N–H and O–H groups in total. The van der Waals surface area contributed by atoms with E-state index in [1.165, 1.54) is 31.4 Å². The number of hydrogen-bond acceptors (Lipinski definition) is 8. The number of para-hydroxylation sites is 1. The van der Waals surface area contributed by atoms with Crippen molar-refractivity contribution in [3.05, 3.63) is 84.2 Å². The second-order valence-electron chi connectivity index (χ2n) is 7.11. The van der Waals surface area contributed by atoms with Gasteiger partial charge in [-0.3, -0.25) is 14.8 Å². The second kappa shape index (κ2) is 11.5. The third-order valence-electron chi connectivity index (χ3n) is 5.04. The fourth-order valence-corrected chi connectivity index (χ4v) is 4.74. The van der Waals surface area contributed by atoms with Gasteiger partial charge in [-0.15, -0.1) is 0 Å². The molecule has 1 unspecified atom stereocenters. The Balaban J connectivity index is 2.03. The summed E-state index contributed by atoms with van der Waals surface area (Å²) in [5.41, 5.74) is 1.86. The van der Waals surface area contributed by atoms with Crippen molar-refractivity contribution in [3.63, 3.8) is 0 Å². The van der Waals surface area contributed by atoms with Gasteiger partial charge in [0.1, 0.15) is 11.8 Å².